The maximum Gasteiger partial charge on any atom is 0.255 e. The second kappa shape index (κ2) is 7.00. The lowest BCUT2D eigenvalue weighted by Gasteiger charge is -2.26. The summed E-state index contributed by atoms with van der Waals surface area (Å²) in [5.74, 6) is 2.59. The number of rotatable bonds is 3. The zero-order chi connectivity index (χ0) is 17.2. The van der Waals surface area contributed by atoms with E-state index in [2.05, 4.69) is 6.92 Å². The van der Waals surface area contributed by atoms with Crippen molar-refractivity contribution < 1.29 is 14.3 Å². The van der Waals surface area contributed by atoms with Crippen LogP contribution in [0, 0.1) is 0 Å². The molecule has 0 radical (unpaired) electrons. The number of nitrogens with zero attached hydrogens (tertiary/aromatic N) is 1. The van der Waals surface area contributed by atoms with Gasteiger partial charge in [0.05, 0.1) is 0 Å². The van der Waals surface area contributed by atoms with Gasteiger partial charge in [0.1, 0.15) is 18.6 Å². The Bertz CT molecular complexity index is 775. The van der Waals surface area contributed by atoms with E-state index in [1.54, 1.807) is 11.8 Å². The number of carbonyl (C=O) groups is 1. The zero-order valence-corrected chi connectivity index (χ0v) is 15.1. The van der Waals surface area contributed by atoms with Gasteiger partial charge in [0.25, 0.3) is 5.91 Å². The first-order valence-corrected chi connectivity index (χ1v) is 9.72. The fraction of sp³-hybridized carbons (Fsp3) is 0.350. The minimum atomic E-state index is 0.0224. The van der Waals surface area contributed by atoms with Crippen molar-refractivity contribution in [2.75, 3.05) is 25.5 Å². The number of thioether (sulfide) groups is 1. The molecular weight excluding hydrogens is 334 g/mol. The molecule has 0 N–H and O–H groups in total. The van der Waals surface area contributed by atoms with E-state index in [0.29, 0.717) is 13.2 Å². The molecule has 2 aliphatic heterocycles. The van der Waals surface area contributed by atoms with Crippen LogP contribution in [0.25, 0.3) is 0 Å². The first kappa shape index (κ1) is 16.3. The highest BCUT2D eigenvalue weighted by atomic mass is 32.2. The van der Waals surface area contributed by atoms with E-state index in [-0.39, 0.29) is 11.3 Å². The lowest BCUT2D eigenvalue weighted by Crippen LogP contribution is -2.30. The number of hydrogen-bond donors (Lipinski definition) is 0. The van der Waals surface area contributed by atoms with Gasteiger partial charge in [0.15, 0.2) is 11.5 Å². The molecule has 2 heterocycles. The molecule has 0 spiro atoms. The summed E-state index contributed by atoms with van der Waals surface area (Å²) in [6.45, 7) is 4.04. The molecule has 0 aliphatic carbocycles. The summed E-state index contributed by atoms with van der Waals surface area (Å²) in [5.41, 5.74) is 3.09. The van der Waals surface area contributed by atoms with Gasteiger partial charge >= 0.3 is 0 Å². The number of ether oxygens (including phenoxy) is 2. The van der Waals surface area contributed by atoms with E-state index in [0.717, 1.165) is 41.3 Å². The highest BCUT2D eigenvalue weighted by Gasteiger charge is 2.32. The summed E-state index contributed by atoms with van der Waals surface area (Å²) in [7, 11) is 0. The van der Waals surface area contributed by atoms with Crippen LogP contribution in [-0.4, -0.2) is 36.3 Å². The van der Waals surface area contributed by atoms with E-state index in [9.17, 15) is 4.79 Å². The predicted molar refractivity (Wildman–Crippen MR) is 99.5 cm³/mol. The monoisotopic (exact) mass is 355 g/mol. The van der Waals surface area contributed by atoms with Crippen LogP contribution in [0.15, 0.2) is 42.5 Å². The molecule has 2 aliphatic rings. The third-order valence-corrected chi connectivity index (χ3v) is 5.87. The summed E-state index contributed by atoms with van der Waals surface area (Å²) in [5, 5.41) is 0.0224. The van der Waals surface area contributed by atoms with Crippen LogP contribution in [0.4, 0.5) is 0 Å². The van der Waals surface area contributed by atoms with Gasteiger partial charge in [0.2, 0.25) is 0 Å². The van der Waals surface area contributed by atoms with Crippen LogP contribution < -0.4 is 9.47 Å². The Hall–Kier alpha value is -2.14. The van der Waals surface area contributed by atoms with Crippen LogP contribution in [0.3, 0.4) is 0 Å². The van der Waals surface area contributed by atoms with Crippen molar-refractivity contribution in [2.24, 2.45) is 0 Å². The van der Waals surface area contributed by atoms with E-state index >= 15 is 0 Å². The summed E-state index contributed by atoms with van der Waals surface area (Å²) >= 11 is 1.79. The number of amides is 1. The van der Waals surface area contributed by atoms with E-state index < -0.39 is 0 Å². The molecule has 1 fully saturated rings. The van der Waals surface area contributed by atoms with Gasteiger partial charge in [-0.2, -0.15) is 0 Å². The molecule has 130 valence electrons. The van der Waals surface area contributed by atoms with Crippen LogP contribution in [0.5, 0.6) is 11.5 Å². The first-order valence-electron chi connectivity index (χ1n) is 8.67. The molecule has 1 amide bonds. The fourth-order valence-electron chi connectivity index (χ4n) is 3.22. The van der Waals surface area contributed by atoms with Gasteiger partial charge in [-0.3, -0.25) is 4.79 Å². The molecule has 0 aromatic heterocycles. The molecule has 1 atom stereocenters. The maximum atomic E-state index is 13.0. The molecule has 0 bridgehead atoms. The predicted octanol–water partition coefficient (Wildman–Crippen LogP) is 3.91. The van der Waals surface area contributed by atoms with Crippen molar-refractivity contribution in [2.45, 2.75) is 18.7 Å². The molecule has 1 unspecified atom stereocenters. The smallest absolute Gasteiger partial charge is 0.255 e. The highest BCUT2D eigenvalue weighted by Crippen LogP contribution is 2.42. The molecule has 4 nitrogen and oxygen atoms in total. The Balaban J connectivity index is 1.58. The first-order chi connectivity index (χ1) is 12.3. The molecule has 5 heteroatoms. The van der Waals surface area contributed by atoms with Crippen LogP contribution in [-0.2, 0) is 6.42 Å². The van der Waals surface area contributed by atoms with Gasteiger partial charge in [-0.05, 0) is 41.8 Å². The third-order valence-electron chi connectivity index (χ3n) is 4.61. The SMILES string of the molecule is CCc1ccc(C(=O)N2CCSC2c2ccc3c(c2)OCCO3)cc1. The van der Waals surface area contributed by atoms with Gasteiger partial charge in [-0.15, -0.1) is 11.8 Å². The normalized spacial score (nSPS) is 19.1. The highest BCUT2D eigenvalue weighted by molar-refractivity contribution is 7.99. The molecule has 25 heavy (non-hydrogen) atoms. The number of benzene rings is 2. The van der Waals surface area contributed by atoms with Gasteiger partial charge in [0, 0.05) is 17.9 Å². The summed E-state index contributed by atoms with van der Waals surface area (Å²) < 4.78 is 11.3. The largest absolute Gasteiger partial charge is 0.486 e. The summed E-state index contributed by atoms with van der Waals surface area (Å²) in [4.78, 5) is 14.9. The Kier molecular flexibility index (Phi) is 4.57. The topological polar surface area (TPSA) is 38.8 Å². The van der Waals surface area contributed by atoms with Crippen LogP contribution in [0.2, 0.25) is 0 Å². The van der Waals surface area contributed by atoms with Crippen molar-refractivity contribution in [3.8, 4) is 11.5 Å². The Morgan fingerprint density at radius 1 is 1.12 bits per heavy atom. The fourth-order valence-corrected chi connectivity index (χ4v) is 4.46. The Labute approximate surface area is 152 Å². The van der Waals surface area contributed by atoms with E-state index in [1.807, 2.05) is 47.4 Å². The van der Waals surface area contributed by atoms with Crippen molar-refractivity contribution in [3.63, 3.8) is 0 Å². The zero-order valence-electron chi connectivity index (χ0n) is 14.2. The summed E-state index contributed by atoms with van der Waals surface area (Å²) in [6, 6.07) is 13.9. The number of aryl methyl sites for hydroxylation is 1. The lowest BCUT2D eigenvalue weighted by atomic mass is 10.1. The minimum absolute atomic E-state index is 0.0224. The van der Waals surface area contributed by atoms with Crippen LogP contribution in [0.1, 0.15) is 33.8 Å². The van der Waals surface area contributed by atoms with E-state index in [1.165, 1.54) is 5.56 Å². The quantitative estimate of drug-likeness (QED) is 0.837. The van der Waals surface area contributed by atoms with Crippen molar-refractivity contribution in [1.29, 1.82) is 0 Å². The molecule has 2 aromatic carbocycles. The van der Waals surface area contributed by atoms with Crippen LogP contribution >= 0.6 is 11.8 Å². The van der Waals surface area contributed by atoms with E-state index in [4.69, 9.17) is 9.47 Å². The molecule has 1 saturated heterocycles. The number of hydrogen-bond acceptors (Lipinski definition) is 4. The van der Waals surface area contributed by atoms with Gasteiger partial charge < -0.3 is 14.4 Å². The average molecular weight is 355 g/mol. The maximum absolute atomic E-state index is 13.0. The number of carbonyl (C=O) groups excluding carboxylic acids is 1. The second-order valence-corrected chi connectivity index (χ2v) is 7.36. The third kappa shape index (κ3) is 3.21. The molecule has 2 aromatic rings. The molecular formula is C20H21NO3S. The van der Waals surface area contributed by atoms with Crippen molar-refractivity contribution >= 4 is 17.7 Å². The molecule has 0 saturated carbocycles. The lowest BCUT2D eigenvalue weighted by molar-refractivity contribution is 0.0760. The Morgan fingerprint density at radius 3 is 2.64 bits per heavy atom. The second-order valence-electron chi connectivity index (χ2n) is 6.18. The van der Waals surface area contributed by atoms with Crippen molar-refractivity contribution in [3.05, 3.63) is 59.2 Å². The molecule has 4 rings (SSSR count). The van der Waals surface area contributed by atoms with Gasteiger partial charge in [-0.25, -0.2) is 0 Å². The number of fused-ring (bicyclic) bond motifs is 1. The Morgan fingerprint density at radius 2 is 1.88 bits per heavy atom. The summed E-state index contributed by atoms with van der Waals surface area (Å²) in [6.07, 6.45) is 0.980. The van der Waals surface area contributed by atoms with Gasteiger partial charge in [-0.1, -0.05) is 25.1 Å². The minimum Gasteiger partial charge on any atom is -0.486 e. The average Bonchev–Trinajstić information content (AvgIpc) is 3.17. The standard InChI is InChI=1S/C20H21NO3S/c1-2-14-3-5-15(6-4-14)19(22)21-9-12-25-20(21)16-7-8-17-18(13-16)24-11-10-23-17/h3-8,13,20H,2,9-12H2,1H3. The van der Waals surface area contributed by atoms with Crippen molar-refractivity contribution in [1.82, 2.24) is 4.90 Å².